The SMILES string of the molecule is CC(O)(CNC(=O)CC1C=CCC1)CN1CCOCC1. The molecule has 5 heteroatoms. The topological polar surface area (TPSA) is 61.8 Å². The van der Waals surface area contributed by atoms with Crippen LogP contribution in [0.25, 0.3) is 0 Å². The van der Waals surface area contributed by atoms with Crippen LogP contribution in [0.3, 0.4) is 0 Å². The van der Waals surface area contributed by atoms with E-state index in [1.165, 1.54) is 0 Å². The van der Waals surface area contributed by atoms with Crippen LogP contribution in [0.4, 0.5) is 0 Å². The number of morpholine rings is 1. The van der Waals surface area contributed by atoms with E-state index in [9.17, 15) is 9.90 Å². The first kappa shape index (κ1) is 15.5. The van der Waals surface area contributed by atoms with Gasteiger partial charge in [0.25, 0.3) is 0 Å². The van der Waals surface area contributed by atoms with Crippen LogP contribution in [0.2, 0.25) is 0 Å². The Morgan fingerprint density at radius 3 is 2.90 bits per heavy atom. The summed E-state index contributed by atoms with van der Waals surface area (Å²) in [5, 5.41) is 13.2. The van der Waals surface area contributed by atoms with E-state index < -0.39 is 5.60 Å². The Labute approximate surface area is 121 Å². The molecule has 0 bridgehead atoms. The number of nitrogens with zero attached hydrogens (tertiary/aromatic N) is 1. The number of rotatable bonds is 6. The lowest BCUT2D eigenvalue weighted by molar-refractivity contribution is -0.123. The van der Waals surface area contributed by atoms with Crippen molar-refractivity contribution in [3.63, 3.8) is 0 Å². The third-order valence-corrected chi connectivity index (χ3v) is 3.89. The lowest BCUT2D eigenvalue weighted by Gasteiger charge is -2.33. The summed E-state index contributed by atoms with van der Waals surface area (Å²) in [4.78, 5) is 14.0. The van der Waals surface area contributed by atoms with Crippen molar-refractivity contribution in [2.24, 2.45) is 5.92 Å². The lowest BCUT2D eigenvalue weighted by Crippen LogP contribution is -2.51. The first-order valence-corrected chi connectivity index (χ1v) is 7.51. The summed E-state index contributed by atoms with van der Waals surface area (Å²) in [6.45, 7) is 5.78. The Morgan fingerprint density at radius 1 is 1.50 bits per heavy atom. The van der Waals surface area contributed by atoms with Crippen molar-refractivity contribution in [1.29, 1.82) is 0 Å². The Hall–Kier alpha value is -0.910. The Kier molecular flexibility index (Phi) is 5.57. The molecule has 1 saturated heterocycles. The highest BCUT2D eigenvalue weighted by Gasteiger charge is 2.26. The molecule has 20 heavy (non-hydrogen) atoms. The molecule has 1 aliphatic carbocycles. The number of allylic oxidation sites excluding steroid dienone is 2. The third-order valence-electron chi connectivity index (χ3n) is 3.89. The number of carbonyl (C=O) groups excluding carboxylic acids is 1. The predicted molar refractivity (Wildman–Crippen MR) is 77.4 cm³/mol. The normalized spacial score (nSPS) is 26.4. The molecule has 2 atom stereocenters. The maximum atomic E-state index is 11.8. The highest BCUT2D eigenvalue weighted by Crippen LogP contribution is 2.20. The average molecular weight is 282 g/mol. The van der Waals surface area contributed by atoms with Crippen molar-refractivity contribution in [1.82, 2.24) is 10.2 Å². The highest BCUT2D eigenvalue weighted by atomic mass is 16.5. The Morgan fingerprint density at radius 2 is 2.25 bits per heavy atom. The molecule has 1 amide bonds. The second-order valence-corrected chi connectivity index (χ2v) is 6.13. The van der Waals surface area contributed by atoms with Gasteiger partial charge in [-0.15, -0.1) is 0 Å². The molecule has 0 aromatic rings. The predicted octanol–water partition coefficient (Wildman–Crippen LogP) is 0.542. The van der Waals surface area contributed by atoms with E-state index in [1.54, 1.807) is 6.92 Å². The van der Waals surface area contributed by atoms with E-state index in [0.717, 1.165) is 39.1 Å². The molecule has 2 unspecified atom stereocenters. The summed E-state index contributed by atoms with van der Waals surface area (Å²) in [7, 11) is 0. The van der Waals surface area contributed by atoms with E-state index in [4.69, 9.17) is 4.74 Å². The zero-order chi connectivity index (χ0) is 14.4. The first-order valence-electron chi connectivity index (χ1n) is 7.51. The van der Waals surface area contributed by atoms with Crippen molar-refractivity contribution < 1.29 is 14.6 Å². The molecule has 2 N–H and O–H groups in total. The van der Waals surface area contributed by atoms with Crippen LogP contribution < -0.4 is 5.32 Å². The molecule has 1 fully saturated rings. The number of β-amino-alcohol motifs (C(OH)–C–C–N with tert-alkyl or cyclic N) is 1. The fraction of sp³-hybridized carbons (Fsp3) is 0.800. The molecule has 5 nitrogen and oxygen atoms in total. The summed E-state index contributed by atoms with van der Waals surface area (Å²) < 4.78 is 5.29. The monoisotopic (exact) mass is 282 g/mol. The standard InChI is InChI=1S/C15H26N2O3/c1-15(19,12-17-6-8-20-9-7-17)11-16-14(18)10-13-4-2-3-5-13/h2,4,13,19H,3,5-12H2,1H3,(H,16,18). The fourth-order valence-electron chi connectivity index (χ4n) is 2.76. The third kappa shape index (κ3) is 5.23. The first-order chi connectivity index (χ1) is 9.55. The number of ether oxygens (including phenoxy) is 1. The molecule has 1 heterocycles. The average Bonchev–Trinajstić information content (AvgIpc) is 2.90. The van der Waals surface area contributed by atoms with E-state index in [2.05, 4.69) is 22.4 Å². The number of hydrogen-bond donors (Lipinski definition) is 2. The van der Waals surface area contributed by atoms with Crippen molar-refractivity contribution in [2.75, 3.05) is 39.4 Å². The van der Waals surface area contributed by atoms with E-state index in [0.29, 0.717) is 25.4 Å². The van der Waals surface area contributed by atoms with Crippen LogP contribution in [0.15, 0.2) is 12.2 Å². The van der Waals surface area contributed by atoms with Crippen LogP contribution in [0.5, 0.6) is 0 Å². The molecule has 2 rings (SSSR count). The molecule has 0 saturated carbocycles. The lowest BCUT2D eigenvalue weighted by atomic mass is 10.0. The van der Waals surface area contributed by atoms with Crippen molar-refractivity contribution >= 4 is 5.91 Å². The smallest absolute Gasteiger partial charge is 0.220 e. The number of amides is 1. The van der Waals surface area contributed by atoms with Gasteiger partial charge in [0.2, 0.25) is 5.91 Å². The summed E-state index contributed by atoms with van der Waals surface area (Å²) in [5.41, 5.74) is -0.890. The number of carbonyl (C=O) groups is 1. The summed E-state index contributed by atoms with van der Waals surface area (Å²) in [6, 6.07) is 0. The Balaban J connectivity index is 1.67. The molecular weight excluding hydrogens is 256 g/mol. The van der Waals surface area contributed by atoms with Gasteiger partial charge >= 0.3 is 0 Å². The minimum Gasteiger partial charge on any atom is -0.387 e. The largest absolute Gasteiger partial charge is 0.387 e. The minimum atomic E-state index is -0.890. The fourth-order valence-corrected chi connectivity index (χ4v) is 2.76. The van der Waals surface area contributed by atoms with Gasteiger partial charge in [-0.25, -0.2) is 0 Å². The van der Waals surface area contributed by atoms with E-state index >= 15 is 0 Å². The maximum absolute atomic E-state index is 11.8. The summed E-state index contributed by atoms with van der Waals surface area (Å²) in [6.07, 6.45) is 6.92. The molecule has 0 aromatic heterocycles. The van der Waals surface area contributed by atoms with Crippen molar-refractivity contribution in [2.45, 2.75) is 31.8 Å². The number of hydrogen-bond acceptors (Lipinski definition) is 4. The summed E-state index contributed by atoms with van der Waals surface area (Å²) >= 11 is 0. The molecule has 0 spiro atoms. The van der Waals surface area contributed by atoms with Gasteiger partial charge in [-0.3, -0.25) is 9.69 Å². The van der Waals surface area contributed by atoms with Gasteiger partial charge < -0.3 is 15.2 Å². The van der Waals surface area contributed by atoms with Crippen LogP contribution >= 0.6 is 0 Å². The molecule has 0 aromatic carbocycles. The van der Waals surface area contributed by atoms with Crippen molar-refractivity contribution in [3.05, 3.63) is 12.2 Å². The molecule has 1 aliphatic heterocycles. The Bertz CT molecular complexity index is 349. The number of aliphatic hydroxyl groups is 1. The molecule has 114 valence electrons. The van der Waals surface area contributed by atoms with Gasteiger partial charge in [0.05, 0.1) is 18.8 Å². The van der Waals surface area contributed by atoms with Gasteiger partial charge in [-0.2, -0.15) is 0 Å². The van der Waals surface area contributed by atoms with Crippen molar-refractivity contribution in [3.8, 4) is 0 Å². The molecule has 2 aliphatic rings. The second kappa shape index (κ2) is 7.20. The zero-order valence-electron chi connectivity index (χ0n) is 12.3. The van der Waals surface area contributed by atoms with E-state index in [1.807, 2.05) is 0 Å². The molecule has 0 radical (unpaired) electrons. The molecular formula is C15H26N2O3. The quantitative estimate of drug-likeness (QED) is 0.698. The number of nitrogens with one attached hydrogen (secondary N) is 1. The van der Waals surface area contributed by atoms with Crippen LogP contribution in [0, 0.1) is 5.92 Å². The van der Waals surface area contributed by atoms with Crippen LogP contribution in [-0.4, -0.2) is 60.9 Å². The van der Waals surface area contributed by atoms with Gasteiger partial charge in [-0.05, 0) is 25.7 Å². The minimum absolute atomic E-state index is 0.0313. The van der Waals surface area contributed by atoms with Gasteiger partial charge in [0.15, 0.2) is 0 Å². The highest BCUT2D eigenvalue weighted by molar-refractivity contribution is 5.76. The van der Waals surface area contributed by atoms with Gasteiger partial charge in [-0.1, -0.05) is 12.2 Å². The van der Waals surface area contributed by atoms with Crippen LogP contribution in [0.1, 0.15) is 26.2 Å². The van der Waals surface area contributed by atoms with Crippen LogP contribution in [-0.2, 0) is 9.53 Å². The second-order valence-electron chi connectivity index (χ2n) is 6.13. The van der Waals surface area contributed by atoms with Gasteiger partial charge in [0.1, 0.15) is 0 Å². The maximum Gasteiger partial charge on any atom is 0.220 e. The van der Waals surface area contributed by atoms with Gasteiger partial charge in [0, 0.05) is 32.6 Å². The van der Waals surface area contributed by atoms with E-state index in [-0.39, 0.29) is 5.91 Å². The zero-order valence-corrected chi connectivity index (χ0v) is 12.3. The summed E-state index contributed by atoms with van der Waals surface area (Å²) in [5.74, 6) is 0.406.